The molecule has 148 valence electrons. The van der Waals surface area contributed by atoms with E-state index in [1.54, 1.807) is 11.3 Å². The van der Waals surface area contributed by atoms with Crippen LogP contribution in [0.2, 0.25) is 0 Å². The lowest BCUT2D eigenvalue weighted by molar-refractivity contribution is -0.133. The number of carbonyl (C=O) groups excluding carboxylic acids is 1. The minimum Gasteiger partial charge on any atom is -0.337 e. The molecule has 0 aromatic carbocycles. The van der Waals surface area contributed by atoms with Gasteiger partial charge in [0, 0.05) is 42.8 Å². The zero-order chi connectivity index (χ0) is 19.1. The fraction of sp³-hybridized carbons (Fsp3) is 0.571. The van der Waals surface area contributed by atoms with E-state index in [1.807, 2.05) is 4.90 Å². The zero-order valence-corrected chi connectivity index (χ0v) is 16.8. The van der Waals surface area contributed by atoms with Crippen LogP contribution >= 0.6 is 11.3 Å². The molecule has 3 aliphatic rings. The van der Waals surface area contributed by atoms with Gasteiger partial charge in [-0.2, -0.15) is 0 Å². The second-order valence-electron chi connectivity index (χ2n) is 8.31. The molecule has 4 heterocycles. The Balaban J connectivity index is 1.32. The number of H-pyrrole nitrogens is 1. The normalized spacial score (nSPS) is 22.9. The maximum absolute atomic E-state index is 12.8. The molecule has 1 atom stereocenters. The van der Waals surface area contributed by atoms with Crippen LogP contribution in [0.15, 0.2) is 22.3 Å². The molecule has 5 rings (SSSR count). The molecule has 1 amide bonds. The van der Waals surface area contributed by atoms with Gasteiger partial charge in [-0.1, -0.05) is 6.07 Å². The Morgan fingerprint density at radius 1 is 1.29 bits per heavy atom. The van der Waals surface area contributed by atoms with Crippen molar-refractivity contribution in [1.29, 1.82) is 0 Å². The minimum atomic E-state index is -0.0522. The molecule has 2 fully saturated rings. The molecule has 2 aliphatic heterocycles. The van der Waals surface area contributed by atoms with Gasteiger partial charge in [0.25, 0.3) is 5.56 Å². The molecule has 0 radical (unpaired) electrons. The third kappa shape index (κ3) is 3.65. The molecule has 1 N–H and O–H groups in total. The van der Waals surface area contributed by atoms with Crippen LogP contribution in [-0.4, -0.2) is 45.3 Å². The lowest BCUT2D eigenvalue weighted by atomic mass is 9.96. The number of hydrogen-bond acceptors (Lipinski definition) is 5. The van der Waals surface area contributed by atoms with Crippen LogP contribution in [0.4, 0.5) is 0 Å². The van der Waals surface area contributed by atoms with Gasteiger partial charge in [-0.25, -0.2) is 4.98 Å². The largest absolute Gasteiger partial charge is 0.337 e. The second kappa shape index (κ2) is 7.44. The molecule has 0 unspecified atom stereocenters. The monoisotopic (exact) mass is 398 g/mol. The Morgan fingerprint density at radius 2 is 2.18 bits per heavy atom. The number of nitrogens with zero attached hydrogens (tertiary/aromatic N) is 3. The van der Waals surface area contributed by atoms with Crippen LogP contribution < -0.4 is 5.56 Å². The average Bonchev–Trinajstić information content (AvgIpc) is 3.44. The van der Waals surface area contributed by atoms with E-state index in [2.05, 4.69) is 27.4 Å². The lowest BCUT2D eigenvalue weighted by Gasteiger charge is -2.33. The number of fused-ring (bicyclic) bond motifs is 1. The standard InChI is InChI=1S/C21H26N4O2S/c26-20-17-13-25(21(27)14-5-6-14)9-7-18(17)22-19(23-20)15-3-1-8-24(11-15)12-16-4-2-10-28-16/h2,4,10,14-15H,1,3,5-9,11-13H2,(H,22,23,26)/t15-/m0/s1. The third-order valence-electron chi connectivity index (χ3n) is 6.18. The molecule has 1 aliphatic carbocycles. The Bertz CT molecular complexity index is 919. The van der Waals surface area contributed by atoms with Crippen molar-refractivity contribution in [1.82, 2.24) is 19.8 Å². The Morgan fingerprint density at radius 3 is 2.96 bits per heavy atom. The van der Waals surface area contributed by atoms with Crippen LogP contribution in [0.25, 0.3) is 0 Å². The molecule has 2 aromatic heterocycles. The summed E-state index contributed by atoms with van der Waals surface area (Å²) in [7, 11) is 0. The fourth-order valence-electron chi connectivity index (χ4n) is 4.46. The van der Waals surface area contributed by atoms with Gasteiger partial charge in [-0.3, -0.25) is 14.5 Å². The van der Waals surface area contributed by atoms with Gasteiger partial charge in [0.15, 0.2) is 0 Å². The van der Waals surface area contributed by atoms with Crippen molar-refractivity contribution >= 4 is 17.2 Å². The number of hydrogen-bond donors (Lipinski definition) is 1. The summed E-state index contributed by atoms with van der Waals surface area (Å²) >= 11 is 1.80. The first-order chi connectivity index (χ1) is 13.7. The Labute approximate surface area is 168 Å². The molecule has 1 saturated carbocycles. The number of aromatic nitrogens is 2. The van der Waals surface area contributed by atoms with Gasteiger partial charge in [0.2, 0.25) is 5.91 Å². The molecule has 6 nitrogen and oxygen atoms in total. The van der Waals surface area contributed by atoms with Gasteiger partial charge in [0.05, 0.1) is 17.8 Å². The number of amides is 1. The number of aromatic amines is 1. The van der Waals surface area contributed by atoms with Crippen molar-refractivity contribution in [2.45, 2.75) is 51.1 Å². The quantitative estimate of drug-likeness (QED) is 0.859. The van der Waals surface area contributed by atoms with Gasteiger partial charge in [-0.15, -0.1) is 11.3 Å². The van der Waals surface area contributed by atoms with Gasteiger partial charge < -0.3 is 9.88 Å². The highest BCUT2D eigenvalue weighted by atomic mass is 32.1. The molecule has 0 spiro atoms. The van der Waals surface area contributed by atoms with E-state index in [0.29, 0.717) is 25.1 Å². The van der Waals surface area contributed by atoms with E-state index in [-0.39, 0.29) is 23.3 Å². The average molecular weight is 399 g/mol. The molecule has 1 saturated heterocycles. The molecule has 28 heavy (non-hydrogen) atoms. The lowest BCUT2D eigenvalue weighted by Crippen LogP contribution is -2.41. The summed E-state index contributed by atoms with van der Waals surface area (Å²) in [6.45, 7) is 4.12. The molecule has 2 aromatic rings. The summed E-state index contributed by atoms with van der Waals surface area (Å²) in [5.74, 6) is 1.52. The van der Waals surface area contributed by atoms with E-state index in [0.717, 1.165) is 56.8 Å². The van der Waals surface area contributed by atoms with Gasteiger partial charge >= 0.3 is 0 Å². The number of carbonyl (C=O) groups is 1. The highest BCUT2D eigenvalue weighted by Gasteiger charge is 2.35. The first kappa shape index (κ1) is 18.1. The first-order valence-corrected chi connectivity index (χ1v) is 11.2. The molecular weight excluding hydrogens is 372 g/mol. The van der Waals surface area contributed by atoms with Crippen molar-refractivity contribution in [3.8, 4) is 0 Å². The van der Waals surface area contributed by atoms with E-state index < -0.39 is 0 Å². The van der Waals surface area contributed by atoms with Crippen LogP contribution in [-0.2, 0) is 24.3 Å². The number of nitrogens with one attached hydrogen (secondary N) is 1. The zero-order valence-electron chi connectivity index (χ0n) is 16.0. The van der Waals surface area contributed by atoms with E-state index >= 15 is 0 Å². The van der Waals surface area contributed by atoms with Gasteiger partial charge in [0.1, 0.15) is 5.82 Å². The topological polar surface area (TPSA) is 69.3 Å². The Hall–Kier alpha value is -1.99. The highest BCUT2D eigenvalue weighted by Crippen LogP contribution is 2.32. The SMILES string of the molecule is O=C(C1CC1)N1CCc2nc([C@H]3CCCN(Cc4cccs4)C3)[nH]c(=O)c2C1. The van der Waals surface area contributed by atoms with Gasteiger partial charge in [-0.05, 0) is 43.7 Å². The summed E-state index contributed by atoms with van der Waals surface area (Å²) in [5.41, 5.74) is 1.54. The predicted molar refractivity (Wildman–Crippen MR) is 108 cm³/mol. The summed E-state index contributed by atoms with van der Waals surface area (Å²) in [6.07, 6.45) is 4.88. The van der Waals surface area contributed by atoms with Crippen molar-refractivity contribution in [3.63, 3.8) is 0 Å². The molecule has 7 heteroatoms. The fourth-order valence-corrected chi connectivity index (χ4v) is 5.21. The second-order valence-corrected chi connectivity index (χ2v) is 9.35. The maximum Gasteiger partial charge on any atom is 0.256 e. The van der Waals surface area contributed by atoms with Crippen molar-refractivity contribution in [2.75, 3.05) is 19.6 Å². The minimum absolute atomic E-state index is 0.0522. The van der Waals surface area contributed by atoms with Crippen LogP contribution in [0, 0.1) is 5.92 Å². The van der Waals surface area contributed by atoms with Crippen LogP contribution in [0.1, 0.15) is 53.6 Å². The van der Waals surface area contributed by atoms with E-state index in [4.69, 9.17) is 4.98 Å². The molecule has 0 bridgehead atoms. The summed E-state index contributed by atoms with van der Waals surface area (Å²) in [4.78, 5) is 38.7. The number of rotatable bonds is 4. The van der Waals surface area contributed by atoms with Crippen LogP contribution in [0.5, 0.6) is 0 Å². The molecular formula is C21H26N4O2S. The van der Waals surface area contributed by atoms with E-state index in [9.17, 15) is 9.59 Å². The first-order valence-electron chi connectivity index (χ1n) is 10.3. The summed E-state index contributed by atoms with van der Waals surface area (Å²) < 4.78 is 0. The van der Waals surface area contributed by atoms with Crippen LogP contribution in [0.3, 0.4) is 0 Å². The van der Waals surface area contributed by atoms with Crippen molar-refractivity contribution in [2.24, 2.45) is 5.92 Å². The summed E-state index contributed by atoms with van der Waals surface area (Å²) in [5, 5.41) is 2.12. The third-order valence-corrected chi connectivity index (χ3v) is 7.04. The predicted octanol–water partition coefficient (Wildman–Crippen LogP) is 2.51. The maximum atomic E-state index is 12.8. The number of piperidine rings is 1. The number of thiophene rings is 1. The van der Waals surface area contributed by atoms with E-state index in [1.165, 1.54) is 4.88 Å². The Kier molecular flexibility index (Phi) is 4.80. The van der Waals surface area contributed by atoms with Crippen molar-refractivity contribution in [3.05, 3.63) is 49.8 Å². The van der Waals surface area contributed by atoms with Crippen molar-refractivity contribution < 1.29 is 4.79 Å². The number of likely N-dealkylation sites (tertiary alicyclic amines) is 1. The summed E-state index contributed by atoms with van der Waals surface area (Å²) in [6, 6.07) is 4.28. The smallest absolute Gasteiger partial charge is 0.256 e. The highest BCUT2D eigenvalue weighted by molar-refractivity contribution is 7.09.